The standard InChI is InChI=1S/C10H20N2O2/c1-2-3-7-11-10(13)14-12-8-5-4-6-9-12/h2-9H2,1H3,(H,11,13). The van der Waals surface area contributed by atoms with Crippen molar-refractivity contribution in [2.24, 2.45) is 0 Å². The molecule has 1 aliphatic rings. The molecule has 82 valence electrons. The number of hydrogen-bond acceptors (Lipinski definition) is 3. The first-order valence-electron chi connectivity index (χ1n) is 5.53. The molecule has 1 N–H and O–H groups in total. The maximum absolute atomic E-state index is 11.2. The van der Waals surface area contributed by atoms with Crippen LogP contribution in [-0.4, -0.2) is 30.8 Å². The van der Waals surface area contributed by atoms with Gasteiger partial charge in [-0.15, -0.1) is 5.06 Å². The van der Waals surface area contributed by atoms with Crippen molar-refractivity contribution in [3.63, 3.8) is 0 Å². The highest BCUT2D eigenvalue weighted by Crippen LogP contribution is 2.08. The number of nitrogens with zero attached hydrogens (tertiary/aromatic N) is 1. The minimum atomic E-state index is -0.305. The molecule has 4 heteroatoms. The Morgan fingerprint density at radius 3 is 2.71 bits per heavy atom. The predicted molar refractivity (Wildman–Crippen MR) is 54.8 cm³/mol. The monoisotopic (exact) mass is 200 g/mol. The number of unbranched alkanes of at least 4 members (excludes halogenated alkanes) is 1. The maximum Gasteiger partial charge on any atom is 0.426 e. The quantitative estimate of drug-likeness (QED) is 0.705. The van der Waals surface area contributed by atoms with E-state index in [2.05, 4.69) is 12.2 Å². The number of rotatable bonds is 4. The number of hydroxylamine groups is 2. The number of hydrogen-bond donors (Lipinski definition) is 1. The van der Waals surface area contributed by atoms with Crippen LogP contribution in [0.3, 0.4) is 0 Å². The molecule has 0 unspecified atom stereocenters. The van der Waals surface area contributed by atoms with Crippen molar-refractivity contribution < 1.29 is 9.63 Å². The smallest absolute Gasteiger partial charge is 0.351 e. The molecule has 0 aromatic rings. The van der Waals surface area contributed by atoms with Gasteiger partial charge in [0.25, 0.3) is 0 Å². The molecule has 4 nitrogen and oxygen atoms in total. The number of piperidine rings is 1. The third kappa shape index (κ3) is 4.46. The zero-order chi connectivity index (χ0) is 10.2. The summed E-state index contributed by atoms with van der Waals surface area (Å²) in [7, 11) is 0. The summed E-state index contributed by atoms with van der Waals surface area (Å²) in [5.74, 6) is 0. The molecule has 0 bridgehead atoms. The molecule has 0 radical (unpaired) electrons. The second-order valence-electron chi connectivity index (χ2n) is 3.65. The normalized spacial score (nSPS) is 17.8. The first-order chi connectivity index (χ1) is 6.83. The van der Waals surface area contributed by atoms with Crippen LogP contribution in [0.4, 0.5) is 4.79 Å². The van der Waals surface area contributed by atoms with Crippen LogP contribution in [0, 0.1) is 0 Å². The molecule has 1 heterocycles. The Kier molecular flexibility index (Phi) is 5.37. The lowest BCUT2D eigenvalue weighted by molar-refractivity contribution is -0.110. The Morgan fingerprint density at radius 1 is 1.36 bits per heavy atom. The summed E-state index contributed by atoms with van der Waals surface area (Å²) in [6, 6.07) is 0. The summed E-state index contributed by atoms with van der Waals surface area (Å²) in [5, 5.41) is 4.48. The molecule has 0 saturated carbocycles. The van der Waals surface area contributed by atoms with E-state index >= 15 is 0 Å². The van der Waals surface area contributed by atoms with Crippen LogP contribution in [0.25, 0.3) is 0 Å². The molecule has 0 atom stereocenters. The van der Waals surface area contributed by atoms with Gasteiger partial charge >= 0.3 is 6.09 Å². The molecule has 0 aliphatic carbocycles. The molecule has 0 aromatic carbocycles. The van der Waals surface area contributed by atoms with Crippen molar-refractivity contribution >= 4 is 6.09 Å². The van der Waals surface area contributed by atoms with Crippen LogP contribution in [0.5, 0.6) is 0 Å². The summed E-state index contributed by atoms with van der Waals surface area (Å²) >= 11 is 0. The summed E-state index contributed by atoms with van der Waals surface area (Å²) < 4.78 is 0. The summed E-state index contributed by atoms with van der Waals surface area (Å²) in [5.41, 5.74) is 0. The minimum absolute atomic E-state index is 0.305. The van der Waals surface area contributed by atoms with Crippen molar-refractivity contribution in [3.05, 3.63) is 0 Å². The molecule has 1 fully saturated rings. The van der Waals surface area contributed by atoms with Gasteiger partial charge in [-0.25, -0.2) is 4.79 Å². The fourth-order valence-electron chi connectivity index (χ4n) is 1.47. The number of nitrogens with one attached hydrogen (secondary N) is 1. The molecule has 0 spiro atoms. The predicted octanol–water partition coefficient (Wildman–Crippen LogP) is 1.91. The third-order valence-corrected chi connectivity index (χ3v) is 2.33. The van der Waals surface area contributed by atoms with Crippen molar-refractivity contribution in [1.82, 2.24) is 10.4 Å². The lowest BCUT2D eigenvalue weighted by Gasteiger charge is -2.24. The van der Waals surface area contributed by atoms with E-state index < -0.39 is 0 Å². The fourth-order valence-corrected chi connectivity index (χ4v) is 1.47. The van der Waals surface area contributed by atoms with Gasteiger partial charge in [-0.05, 0) is 19.3 Å². The Bertz CT molecular complexity index is 168. The molecule has 14 heavy (non-hydrogen) atoms. The molecule has 1 rings (SSSR count). The first-order valence-corrected chi connectivity index (χ1v) is 5.53. The van der Waals surface area contributed by atoms with Crippen LogP contribution >= 0.6 is 0 Å². The Balaban J connectivity index is 2.06. The van der Waals surface area contributed by atoms with Crippen molar-refractivity contribution in [2.45, 2.75) is 39.0 Å². The van der Waals surface area contributed by atoms with Gasteiger partial charge in [-0.2, -0.15) is 0 Å². The highest BCUT2D eigenvalue weighted by molar-refractivity contribution is 5.66. The van der Waals surface area contributed by atoms with Crippen molar-refractivity contribution in [1.29, 1.82) is 0 Å². The fraction of sp³-hybridized carbons (Fsp3) is 0.900. The summed E-state index contributed by atoms with van der Waals surface area (Å²) in [6.07, 6.45) is 5.29. The minimum Gasteiger partial charge on any atom is -0.351 e. The topological polar surface area (TPSA) is 41.6 Å². The Hall–Kier alpha value is -0.770. The average molecular weight is 200 g/mol. The van der Waals surface area contributed by atoms with Gasteiger partial charge in [0.1, 0.15) is 0 Å². The average Bonchev–Trinajstić information content (AvgIpc) is 2.20. The van der Waals surface area contributed by atoms with Gasteiger partial charge in [0.05, 0.1) is 0 Å². The molecule has 1 saturated heterocycles. The zero-order valence-corrected chi connectivity index (χ0v) is 8.92. The van der Waals surface area contributed by atoms with Gasteiger partial charge in [0, 0.05) is 19.6 Å². The first kappa shape index (κ1) is 11.3. The van der Waals surface area contributed by atoms with Crippen molar-refractivity contribution in [3.8, 4) is 0 Å². The van der Waals surface area contributed by atoms with E-state index in [1.807, 2.05) is 0 Å². The van der Waals surface area contributed by atoms with Gasteiger partial charge in [0.2, 0.25) is 0 Å². The van der Waals surface area contributed by atoms with E-state index in [1.54, 1.807) is 5.06 Å². The lowest BCUT2D eigenvalue weighted by Crippen LogP contribution is -2.37. The third-order valence-electron chi connectivity index (χ3n) is 2.33. The van der Waals surface area contributed by atoms with Crippen LogP contribution < -0.4 is 5.32 Å². The van der Waals surface area contributed by atoms with E-state index in [0.29, 0.717) is 6.54 Å². The van der Waals surface area contributed by atoms with E-state index in [4.69, 9.17) is 4.84 Å². The molecule has 0 aromatic heterocycles. The molecule has 1 aliphatic heterocycles. The molecule has 1 amide bonds. The largest absolute Gasteiger partial charge is 0.426 e. The molecular formula is C10H20N2O2. The zero-order valence-electron chi connectivity index (χ0n) is 8.92. The van der Waals surface area contributed by atoms with E-state index in [-0.39, 0.29) is 6.09 Å². The highest BCUT2D eigenvalue weighted by atomic mass is 16.7. The van der Waals surface area contributed by atoms with Gasteiger partial charge in [-0.3, -0.25) is 0 Å². The number of carbonyl (C=O) groups excluding carboxylic acids is 1. The number of amides is 1. The van der Waals surface area contributed by atoms with Crippen LogP contribution in [0.1, 0.15) is 39.0 Å². The van der Waals surface area contributed by atoms with Crippen LogP contribution in [0.2, 0.25) is 0 Å². The van der Waals surface area contributed by atoms with E-state index in [0.717, 1.165) is 38.8 Å². The second kappa shape index (κ2) is 6.65. The Morgan fingerprint density at radius 2 is 2.07 bits per heavy atom. The SMILES string of the molecule is CCCCNC(=O)ON1CCCCC1. The highest BCUT2D eigenvalue weighted by Gasteiger charge is 2.14. The second-order valence-corrected chi connectivity index (χ2v) is 3.65. The van der Waals surface area contributed by atoms with Crippen LogP contribution in [-0.2, 0) is 4.84 Å². The van der Waals surface area contributed by atoms with Gasteiger partial charge in [-0.1, -0.05) is 19.8 Å². The summed E-state index contributed by atoms with van der Waals surface area (Å²) in [6.45, 7) is 4.56. The van der Waals surface area contributed by atoms with Crippen LogP contribution in [0.15, 0.2) is 0 Å². The van der Waals surface area contributed by atoms with Crippen molar-refractivity contribution in [2.75, 3.05) is 19.6 Å². The lowest BCUT2D eigenvalue weighted by atomic mass is 10.2. The number of carbonyl (C=O) groups is 1. The Labute approximate surface area is 85.6 Å². The van der Waals surface area contributed by atoms with Gasteiger partial charge in [0.15, 0.2) is 0 Å². The summed E-state index contributed by atoms with van der Waals surface area (Å²) in [4.78, 5) is 16.3. The van der Waals surface area contributed by atoms with E-state index in [9.17, 15) is 4.79 Å². The maximum atomic E-state index is 11.2. The molecular weight excluding hydrogens is 180 g/mol. The van der Waals surface area contributed by atoms with Gasteiger partial charge < -0.3 is 10.2 Å². The van der Waals surface area contributed by atoms with E-state index in [1.165, 1.54) is 6.42 Å².